The molecule has 0 aromatic carbocycles. The van der Waals surface area contributed by atoms with Gasteiger partial charge in [-0.05, 0) is 19.3 Å². The van der Waals surface area contributed by atoms with E-state index < -0.39 is 0 Å². The molecule has 1 fully saturated rings. The van der Waals surface area contributed by atoms with Crippen molar-refractivity contribution >= 4 is 17.6 Å². The molecule has 94 valence electrons. The molecule has 0 amide bonds. The highest BCUT2D eigenvalue weighted by Gasteiger charge is 2.26. The summed E-state index contributed by atoms with van der Waals surface area (Å²) in [5.74, 6) is 3.55. The second kappa shape index (κ2) is 5.71. The minimum atomic E-state index is 0.682. The topological polar surface area (TPSA) is 37.8 Å². The molecule has 0 spiro atoms. The van der Waals surface area contributed by atoms with Crippen LogP contribution < -0.4 is 5.32 Å². The van der Waals surface area contributed by atoms with Gasteiger partial charge in [0.25, 0.3) is 0 Å². The molecule has 0 saturated heterocycles. The van der Waals surface area contributed by atoms with E-state index in [1.807, 2.05) is 18.8 Å². The van der Waals surface area contributed by atoms with E-state index in [2.05, 4.69) is 35.2 Å². The molecule has 3 nitrogen and oxygen atoms in total. The van der Waals surface area contributed by atoms with E-state index in [9.17, 15) is 0 Å². The third kappa shape index (κ3) is 3.60. The first-order valence-electron chi connectivity index (χ1n) is 6.40. The Balaban J connectivity index is 2.06. The van der Waals surface area contributed by atoms with Crippen molar-refractivity contribution in [2.45, 2.75) is 50.0 Å². The average Bonchev–Trinajstić information content (AvgIpc) is 3.19. The SMILES string of the molecule is CCC(C)SCc1nc(NC)cc(C2CC2)n1. The molecular weight excluding hydrogens is 230 g/mol. The Bertz CT molecular complexity index is 377. The standard InChI is InChI=1S/C13H21N3S/c1-4-9(2)17-8-13-15-11(10-5-6-10)7-12(14-3)16-13/h7,9-10H,4-6,8H2,1-3H3,(H,14,15,16). The first kappa shape index (κ1) is 12.7. The number of nitrogens with zero attached hydrogens (tertiary/aromatic N) is 2. The Morgan fingerprint density at radius 3 is 2.82 bits per heavy atom. The maximum absolute atomic E-state index is 4.68. The summed E-state index contributed by atoms with van der Waals surface area (Å²) in [5.41, 5.74) is 1.23. The number of nitrogens with one attached hydrogen (secondary N) is 1. The van der Waals surface area contributed by atoms with Gasteiger partial charge in [-0.1, -0.05) is 13.8 Å². The molecule has 1 heterocycles. The molecule has 1 saturated carbocycles. The maximum atomic E-state index is 4.68. The zero-order valence-electron chi connectivity index (χ0n) is 10.9. The van der Waals surface area contributed by atoms with Crippen LogP contribution in [0.4, 0.5) is 5.82 Å². The zero-order chi connectivity index (χ0) is 12.3. The van der Waals surface area contributed by atoms with Crippen molar-refractivity contribution in [2.24, 2.45) is 0 Å². The van der Waals surface area contributed by atoms with Crippen LogP contribution in [-0.4, -0.2) is 22.3 Å². The quantitative estimate of drug-likeness (QED) is 0.840. The molecule has 4 heteroatoms. The van der Waals surface area contributed by atoms with Gasteiger partial charge in [0.15, 0.2) is 0 Å². The van der Waals surface area contributed by atoms with Gasteiger partial charge in [-0.15, -0.1) is 0 Å². The third-order valence-corrected chi connectivity index (χ3v) is 4.44. The monoisotopic (exact) mass is 251 g/mol. The van der Waals surface area contributed by atoms with Crippen LogP contribution in [0, 0.1) is 0 Å². The number of thioether (sulfide) groups is 1. The van der Waals surface area contributed by atoms with Crippen molar-refractivity contribution in [1.29, 1.82) is 0 Å². The minimum Gasteiger partial charge on any atom is -0.373 e. The van der Waals surface area contributed by atoms with Gasteiger partial charge in [0.2, 0.25) is 0 Å². The van der Waals surface area contributed by atoms with Crippen LogP contribution in [0.15, 0.2) is 6.07 Å². The highest BCUT2D eigenvalue weighted by atomic mass is 32.2. The van der Waals surface area contributed by atoms with E-state index in [1.165, 1.54) is 25.0 Å². The molecule has 0 radical (unpaired) electrons. The summed E-state index contributed by atoms with van der Waals surface area (Å²) in [7, 11) is 1.92. The van der Waals surface area contributed by atoms with Gasteiger partial charge >= 0.3 is 0 Å². The number of rotatable bonds is 6. The Morgan fingerprint density at radius 1 is 1.47 bits per heavy atom. The van der Waals surface area contributed by atoms with E-state index in [4.69, 9.17) is 0 Å². The molecule has 1 unspecified atom stereocenters. The summed E-state index contributed by atoms with van der Waals surface area (Å²) in [6.45, 7) is 4.48. The fourth-order valence-electron chi connectivity index (χ4n) is 1.63. The van der Waals surface area contributed by atoms with E-state index in [0.717, 1.165) is 17.4 Å². The fourth-order valence-corrected chi connectivity index (χ4v) is 2.43. The number of anilines is 1. The van der Waals surface area contributed by atoms with Gasteiger partial charge in [0.05, 0.1) is 5.75 Å². The van der Waals surface area contributed by atoms with Crippen LogP contribution in [0.2, 0.25) is 0 Å². The molecule has 0 bridgehead atoms. The normalized spacial score (nSPS) is 16.9. The van der Waals surface area contributed by atoms with E-state index in [1.54, 1.807) is 0 Å². The van der Waals surface area contributed by atoms with E-state index >= 15 is 0 Å². The lowest BCUT2D eigenvalue weighted by molar-refractivity contribution is 0.894. The van der Waals surface area contributed by atoms with Crippen LogP contribution in [0.25, 0.3) is 0 Å². The number of aromatic nitrogens is 2. The van der Waals surface area contributed by atoms with Gasteiger partial charge in [-0.3, -0.25) is 0 Å². The second-order valence-corrected chi connectivity index (χ2v) is 6.08. The van der Waals surface area contributed by atoms with Crippen LogP contribution in [0.3, 0.4) is 0 Å². The Kier molecular flexibility index (Phi) is 4.26. The first-order valence-corrected chi connectivity index (χ1v) is 7.45. The molecule has 2 rings (SSSR count). The molecule has 1 aliphatic rings. The van der Waals surface area contributed by atoms with Crippen LogP contribution in [0.5, 0.6) is 0 Å². The van der Waals surface area contributed by atoms with Crippen molar-refractivity contribution < 1.29 is 0 Å². The molecule has 1 N–H and O–H groups in total. The van der Waals surface area contributed by atoms with Crippen LogP contribution >= 0.6 is 11.8 Å². The maximum Gasteiger partial charge on any atom is 0.140 e. The highest BCUT2D eigenvalue weighted by molar-refractivity contribution is 7.99. The van der Waals surface area contributed by atoms with Crippen LogP contribution in [-0.2, 0) is 5.75 Å². The Labute approximate surface area is 108 Å². The van der Waals surface area contributed by atoms with Gasteiger partial charge in [-0.25, -0.2) is 9.97 Å². The molecule has 1 aliphatic carbocycles. The molecule has 1 aromatic heterocycles. The van der Waals surface area contributed by atoms with Crippen molar-refractivity contribution in [3.05, 3.63) is 17.6 Å². The predicted octanol–water partition coefficient (Wildman–Crippen LogP) is 3.43. The lowest BCUT2D eigenvalue weighted by atomic mass is 10.3. The van der Waals surface area contributed by atoms with E-state index in [-0.39, 0.29) is 0 Å². The predicted molar refractivity (Wildman–Crippen MR) is 74.6 cm³/mol. The third-order valence-electron chi connectivity index (χ3n) is 3.12. The largest absolute Gasteiger partial charge is 0.373 e. The summed E-state index contributed by atoms with van der Waals surface area (Å²) >= 11 is 1.94. The molecule has 17 heavy (non-hydrogen) atoms. The van der Waals surface area contributed by atoms with Crippen molar-refractivity contribution in [2.75, 3.05) is 12.4 Å². The van der Waals surface area contributed by atoms with Gasteiger partial charge in [-0.2, -0.15) is 11.8 Å². The van der Waals surface area contributed by atoms with Gasteiger partial charge < -0.3 is 5.32 Å². The molecule has 0 aliphatic heterocycles. The summed E-state index contributed by atoms with van der Waals surface area (Å²) in [6, 6.07) is 2.09. The first-order chi connectivity index (χ1) is 8.22. The van der Waals surface area contributed by atoms with Crippen molar-refractivity contribution in [1.82, 2.24) is 9.97 Å². The smallest absolute Gasteiger partial charge is 0.140 e. The Morgan fingerprint density at radius 2 is 2.24 bits per heavy atom. The molecular formula is C13H21N3S. The second-order valence-electron chi connectivity index (χ2n) is 4.65. The minimum absolute atomic E-state index is 0.682. The molecule has 1 aromatic rings. The fraction of sp³-hybridized carbons (Fsp3) is 0.692. The number of hydrogen-bond acceptors (Lipinski definition) is 4. The van der Waals surface area contributed by atoms with Crippen LogP contribution in [0.1, 0.15) is 50.5 Å². The zero-order valence-corrected chi connectivity index (χ0v) is 11.7. The lowest BCUT2D eigenvalue weighted by Crippen LogP contribution is -2.03. The Hall–Kier alpha value is -0.770. The van der Waals surface area contributed by atoms with Crippen molar-refractivity contribution in [3.8, 4) is 0 Å². The summed E-state index contributed by atoms with van der Waals surface area (Å²) in [4.78, 5) is 9.20. The molecule has 1 atom stereocenters. The summed E-state index contributed by atoms with van der Waals surface area (Å²) < 4.78 is 0. The van der Waals surface area contributed by atoms with Gasteiger partial charge in [0.1, 0.15) is 11.6 Å². The van der Waals surface area contributed by atoms with Crippen molar-refractivity contribution in [3.63, 3.8) is 0 Å². The number of hydrogen-bond donors (Lipinski definition) is 1. The average molecular weight is 251 g/mol. The summed E-state index contributed by atoms with van der Waals surface area (Å²) in [5, 5.41) is 3.81. The summed E-state index contributed by atoms with van der Waals surface area (Å²) in [6.07, 6.45) is 3.78. The lowest BCUT2D eigenvalue weighted by Gasteiger charge is -2.09. The van der Waals surface area contributed by atoms with Gasteiger partial charge in [0, 0.05) is 30.0 Å². The highest BCUT2D eigenvalue weighted by Crippen LogP contribution is 2.39. The van der Waals surface area contributed by atoms with E-state index in [0.29, 0.717) is 11.2 Å².